The standard InChI is InChI=1S/C19H14N2/c1-2-4-12-11(3-1)7-8-21-18-10-16-14-6-5-13(14)15(16)9-17(18)20-19(12)21/h1-4,7-10,13-14H,5-6H2. The van der Waals surface area contributed by atoms with Gasteiger partial charge in [0.1, 0.15) is 5.65 Å². The summed E-state index contributed by atoms with van der Waals surface area (Å²) in [5.41, 5.74) is 6.64. The number of hydrogen-bond donors (Lipinski definition) is 0. The Bertz CT molecular complexity index is 1060. The molecule has 4 aromatic rings. The number of imidazole rings is 1. The van der Waals surface area contributed by atoms with Gasteiger partial charge in [0, 0.05) is 11.6 Å². The van der Waals surface area contributed by atoms with Crippen molar-refractivity contribution in [3.63, 3.8) is 0 Å². The van der Waals surface area contributed by atoms with Crippen molar-refractivity contribution in [1.29, 1.82) is 0 Å². The van der Waals surface area contributed by atoms with Gasteiger partial charge in [-0.2, -0.15) is 0 Å². The van der Waals surface area contributed by atoms with E-state index in [-0.39, 0.29) is 0 Å². The minimum Gasteiger partial charge on any atom is -0.299 e. The fourth-order valence-electron chi connectivity index (χ4n) is 4.31. The van der Waals surface area contributed by atoms with E-state index >= 15 is 0 Å². The van der Waals surface area contributed by atoms with Crippen molar-refractivity contribution in [3.05, 3.63) is 59.8 Å². The maximum absolute atomic E-state index is 4.93. The highest BCUT2D eigenvalue weighted by molar-refractivity contribution is 5.98. The molecule has 2 aliphatic rings. The molecule has 0 bridgehead atoms. The van der Waals surface area contributed by atoms with Crippen molar-refractivity contribution in [1.82, 2.24) is 9.38 Å². The minimum atomic E-state index is 0.839. The Kier molecular flexibility index (Phi) is 1.62. The molecule has 2 unspecified atom stereocenters. The molecule has 0 spiro atoms. The largest absolute Gasteiger partial charge is 0.299 e. The van der Waals surface area contributed by atoms with Gasteiger partial charge in [0.2, 0.25) is 0 Å². The number of nitrogens with zero attached hydrogens (tertiary/aromatic N) is 2. The van der Waals surface area contributed by atoms with Crippen LogP contribution in [0.4, 0.5) is 0 Å². The van der Waals surface area contributed by atoms with E-state index in [1.807, 2.05) is 0 Å². The lowest BCUT2D eigenvalue weighted by molar-refractivity contribution is 0.295. The van der Waals surface area contributed by atoms with Crippen LogP contribution in [-0.4, -0.2) is 9.38 Å². The third-order valence-corrected chi connectivity index (χ3v) is 5.57. The minimum absolute atomic E-state index is 0.839. The zero-order valence-electron chi connectivity index (χ0n) is 11.6. The highest BCUT2D eigenvalue weighted by Crippen LogP contribution is 2.60. The van der Waals surface area contributed by atoms with Gasteiger partial charge < -0.3 is 0 Å². The Morgan fingerprint density at radius 1 is 0.952 bits per heavy atom. The monoisotopic (exact) mass is 270 g/mol. The molecule has 100 valence electrons. The van der Waals surface area contributed by atoms with Crippen molar-refractivity contribution in [2.75, 3.05) is 0 Å². The van der Waals surface area contributed by atoms with Gasteiger partial charge in [-0.05, 0) is 59.4 Å². The first-order chi connectivity index (χ1) is 10.4. The summed E-state index contributed by atoms with van der Waals surface area (Å²) in [6.45, 7) is 0. The normalized spacial score (nSPS) is 22.9. The number of benzene rings is 2. The smallest absolute Gasteiger partial charge is 0.145 e. The molecule has 2 aromatic carbocycles. The average molecular weight is 270 g/mol. The van der Waals surface area contributed by atoms with Crippen LogP contribution in [0.1, 0.15) is 35.8 Å². The summed E-state index contributed by atoms with van der Waals surface area (Å²) < 4.78 is 2.25. The third-order valence-electron chi connectivity index (χ3n) is 5.57. The number of fused-ring (bicyclic) bond motifs is 9. The van der Waals surface area contributed by atoms with E-state index in [2.05, 4.69) is 53.1 Å². The maximum Gasteiger partial charge on any atom is 0.145 e. The number of hydrogen-bond acceptors (Lipinski definition) is 1. The summed E-state index contributed by atoms with van der Waals surface area (Å²) in [5, 5.41) is 2.50. The Balaban J connectivity index is 1.79. The summed E-state index contributed by atoms with van der Waals surface area (Å²) in [5.74, 6) is 1.68. The van der Waals surface area contributed by atoms with Crippen molar-refractivity contribution < 1.29 is 0 Å². The molecule has 2 heteroatoms. The molecule has 2 heterocycles. The Hall–Kier alpha value is -2.35. The highest BCUT2D eigenvalue weighted by atomic mass is 15.0. The SMILES string of the molecule is c1ccc2c(c1)ccn1c3cc4c(cc3nc21)C1CCC41. The van der Waals surface area contributed by atoms with Gasteiger partial charge in [-0.3, -0.25) is 4.40 Å². The first kappa shape index (κ1) is 10.4. The summed E-state index contributed by atoms with van der Waals surface area (Å²) in [7, 11) is 0. The first-order valence-corrected chi connectivity index (χ1v) is 7.73. The van der Waals surface area contributed by atoms with Crippen LogP contribution in [-0.2, 0) is 0 Å². The summed E-state index contributed by atoms with van der Waals surface area (Å²) in [6, 6.07) is 15.4. The van der Waals surface area contributed by atoms with Crippen molar-refractivity contribution in [2.45, 2.75) is 24.7 Å². The fraction of sp³-hybridized carbons (Fsp3) is 0.211. The first-order valence-electron chi connectivity index (χ1n) is 7.73. The van der Waals surface area contributed by atoms with Crippen LogP contribution in [0, 0.1) is 0 Å². The topological polar surface area (TPSA) is 17.3 Å². The molecule has 0 amide bonds. The number of rotatable bonds is 0. The van der Waals surface area contributed by atoms with Crippen molar-refractivity contribution >= 4 is 27.5 Å². The molecule has 0 saturated heterocycles. The van der Waals surface area contributed by atoms with Crippen molar-refractivity contribution in [2.24, 2.45) is 0 Å². The zero-order valence-corrected chi connectivity index (χ0v) is 11.6. The van der Waals surface area contributed by atoms with Crippen LogP contribution < -0.4 is 0 Å². The molecule has 2 atom stereocenters. The molecular formula is C19H14N2. The van der Waals surface area contributed by atoms with E-state index in [0.29, 0.717) is 0 Å². The molecule has 2 nitrogen and oxygen atoms in total. The average Bonchev–Trinajstić information content (AvgIpc) is 2.84. The van der Waals surface area contributed by atoms with Crippen LogP contribution in [0.2, 0.25) is 0 Å². The van der Waals surface area contributed by atoms with E-state index in [0.717, 1.165) is 23.0 Å². The van der Waals surface area contributed by atoms with Crippen LogP contribution >= 0.6 is 0 Å². The van der Waals surface area contributed by atoms with Crippen molar-refractivity contribution in [3.8, 4) is 0 Å². The molecule has 0 N–H and O–H groups in total. The molecule has 21 heavy (non-hydrogen) atoms. The Labute approximate surface area is 122 Å². The van der Waals surface area contributed by atoms with E-state index in [1.54, 1.807) is 11.1 Å². The molecule has 6 rings (SSSR count). The molecule has 0 aliphatic heterocycles. The predicted octanol–water partition coefficient (Wildman–Crippen LogP) is 4.62. The quantitative estimate of drug-likeness (QED) is 0.456. The maximum atomic E-state index is 4.93. The van der Waals surface area contributed by atoms with Gasteiger partial charge in [-0.15, -0.1) is 0 Å². The van der Waals surface area contributed by atoms with Crippen LogP contribution in [0.3, 0.4) is 0 Å². The Morgan fingerprint density at radius 3 is 2.62 bits per heavy atom. The summed E-state index contributed by atoms with van der Waals surface area (Å²) >= 11 is 0. The van der Waals surface area contributed by atoms with E-state index in [4.69, 9.17) is 4.98 Å². The van der Waals surface area contributed by atoms with Gasteiger partial charge in [0.05, 0.1) is 11.0 Å². The number of pyridine rings is 1. The zero-order chi connectivity index (χ0) is 13.6. The second-order valence-corrected chi connectivity index (χ2v) is 6.47. The van der Waals surface area contributed by atoms with E-state index in [1.165, 1.54) is 29.1 Å². The van der Waals surface area contributed by atoms with Crippen LogP contribution in [0.5, 0.6) is 0 Å². The molecule has 1 fully saturated rings. The highest BCUT2D eigenvalue weighted by Gasteiger charge is 2.44. The van der Waals surface area contributed by atoms with Gasteiger partial charge >= 0.3 is 0 Å². The predicted molar refractivity (Wildman–Crippen MR) is 84.9 cm³/mol. The van der Waals surface area contributed by atoms with Gasteiger partial charge in [0.15, 0.2) is 0 Å². The van der Waals surface area contributed by atoms with E-state index in [9.17, 15) is 0 Å². The molecule has 0 radical (unpaired) electrons. The second-order valence-electron chi connectivity index (χ2n) is 6.47. The van der Waals surface area contributed by atoms with Gasteiger partial charge in [0.25, 0.3) is 0 Å². The third kappa shape index (κ3) is 1.10. The van der Waals surface area contributed by atoms with Crippen LogP contribution in [0.25, 0.3) is 27.5 Å². The molecule has 1 saturated carbocycles. The molecule has 2 aliphatic carbocycles. The number of aromatic nitrogens is 2. The lowest BCUT2D eigenvalue weighted by Gasteiger charge is -2.48. The van der Waals surface area contributed by atoms with Gasteiger partial charge in [-0.1, -0.05) is 24.3 Å². The molecule has 2 aromatic heterocycles. The Morgan fingerprint density at radius 2 is 1.76 bits per heavy atom. The fourth-order valence-corrected chi connectivity index (χ4v) is 4.31. The summed E-state index contributed by atoms with van der Waals surface area (Å²) in [4.78, 5) is 4.93. The summed E-state index contributed by atoms with van der Waals surface area (Å²) in [6.07, 6.45) is 4.92. The van der Waals surface area contributed by atoms with Gasteiger partial charge in [-0.25, -0.2) is 4.98 Å². The van der Waals surface area contributed by atoms with E-state index < -0.39 is 0 Å². The molecular weight excluding hydrogens is 256 g/mol. The van der Waals surface area contributed by atoms with Crippen LogP contribution in [0.15, 0.2) is 48.7 Å². The lowest BCUT2D eigenvalue weighted by atomic mass is 9.56. The second kappa shape index (κ2) is 3.28. The lowest BCUT2D eigenvalue weighted by Crippen LogP contribution is -2.32.